The molecular formula is C22H27BrN2O3. The molecule has 6 heteroatoms. The second-order valence-electron chi connectivity index (χ2n) is 6.66. The van der Waals surface area contributed by atoms with Crippen molar-refractivity contribution < 1.29 is 14.3 Å². The highest BCUT2D eigenvalue weighted by atomic mass is 79.9. The maximum atomic E-state index is 12.7. The van der Waals surface area contributed by atoms with Gasteiger partial charge in [-0.2, -0.15) is 0 Å². The number of nitrogens with one attached hydrogen (secondary N) is 2. The molecule has 0 aliphatic carbocycles. The Morgan fingerprint density at radius 2 is 1.79 bits per heavy atom. The Morgan fingerprint density at radius 3 is 2.43 bits per heavy atom. The van der Waals surface area contributed by atoms with E-state index in [1.54, 1.807) is 36.4 Å². The molecule has 0 bridgehead atoms. The molecule has 0 aliphatic heterocycles. The molecule has 0 heterocycles. The van der Waals surface area contributed by atoms with Crippen LogP contribution in [0.1, 0.15) is 60.7 Å². The van der Waals surface area contributed by atoms with Gasteiger partial charge in [0.2, 0.25) is 0 Å². The zero-order valence-corrected chi connectivity index (χ0v) is 18.1. The van der Waals surface area contributed by atoms with Crippen LogP contribution in [-0.4, -0.2) is 24.5 Å². The Labute approximate surface area is 175 Å². The van der Waals surface area contributed by atoms with Gasteiger partial charge in [0.05, 0.1) is 12.2 Å². The lowest BCUT2D eigenvalue weighted by Gasteiger charge is -2.13. The van der Waals surface area contributed by atoms with Crippen LogP contribution in [0.5, 0.6) is 5.75 Å². The first-order chi connectivity index (χ1) is 13.4. The van der Waals surface area contributed by atoms with Crippen molar-refractivity contribution in [2.45, 2.75) is 46.1 Å². The fraction of sp³-hybridized carbons (Fsp3) is 0.364. The Balaban J connectivity index is 2.08. The summed E-state index contributed by atoms with van der Waals surface area (Å²) in [6.07, 6.45) is 2.82. The van der Waals surface area contributed by atoms with Gasteiger partial charge in [0.25, 0.3) is 11.8 Å². The number of hydrogen-bond donors (Lipinski definition) is 2. The first-order valence-corrected chi connectivity index (χ1v) is 10.4. The van der Waals surface area contributed by atoms with Gasteiger partial charge in [-0.25, -0.2) is 0 Å². The van der Waals surface area contributed by atoms with Crippen molar-refractivity contribution in [3.8, 4) is 5.75 Å². The predicted molar refractivity (Wildman–Crippen MR) is 116 cm³/mol. The average molecular weight is 447 g/mol. The predicted octanol–water partition coefficient (Wildman–Crippen LogP) is 5.41. The molecular weight excluding hydrogens is 420 g/mol. The van der Waals surface area contributed by atoms with Gasteiger partial charge in [0.15, 0.2) is 0 Å². The van der Waals surface area contributed by atoms with Crippen molar-refractivity contribution in [1.82, 2.24) is 5.32 Å². The molecule has 28 heavy (non-hydrogen) atoms. The number of benzene rings is 2. The minimum Gasteiger partial charge on any atom is -0.493 e. The number of amides is 2. The number of hydrogen-bond acceptors (Lipinski definition) is 3. The van der Waals surface area contributed by atoms with E-state index < -0.39 is 0 Å². The first kappa shape index (κ1) is 22.0. The molecule has 0 saturated heterocycles. The van der Waals surface area contributed by atoms with Crippen LogP contribution in [-0.2, 0) is 0 Å². The third kappa shape index (κ3) is 6.37. The van der Waals surface area contributed by atoms with Crippen molar-refractivity contribution in [1.29, 1.82) is 0 Å². The van der Waals surface area contributed by atoms with Crippen LogP contribution in [0.2, 0.25) is 0 Å². The number of carbonyl (C=O) groups is 2. The third-order valence-electron chi connectivity index (χ3n) is 4.34. The summed E-state index contributed by atoms with van der Waals surface area (Å²) >= 11 is 3.40. The zero-order valence-electron chi connectivity index (χ0n) is 16.5. The monoisotopic (exact) mass is 446 g/mol. The Morgan fingerprint density at radius 1 is 1.07 bits per heavy atom. The van der Waals surface area contributed by atoms with Crippen LogP contribution in [0.25, 0.3) is 0 Å². The van der Waals surface area contributed by atoms with Crippen molar-refractivity contribution in [2.24, 2.45) is 0 Å². The quantitative estimate of drug-likeness (QED) is 0.506. The van der Waals surface area contributed by atoms with Crippen LogP contribution < -0.4 is 15.4 Å². The summed E-state index contributed by atoms with van der Waals surface area (Å²) in [5.74, 6) is 0.175. The molecule has 0 saturated carbocycles. The molecule has 0 radical (unpaired) electrons. The highest BCUT2D eigenvalue weighted by Crippen LogP contribution is 2.25. The van der Waals surface area contributed by atoms with E-state index >= 15 is 0 Å². The molecule has 2 N–H and O–H groups in total. The van der Waals surface area contributed by atoms with Crippen LogP contribution >= 0.6 is 15.9 Å². The molecule has 0 fully saturated rings. The van der Waals surface area contributed by atoms with E-state index in [0.29, 0.717) is 29.2 Å². The molecule has 0 spiro atoms. The lowest BCUT2D eigenvalue weighted by Crippen LogP contribution is -2.31. The number of ether oxygens (including phenoxy) is 1. The largest absolute Gasteiger partial charge is 0.493 e. The van der Waals surface area contributed by atoms with Crippen LogP contribution in [0.15, 0.2) is 46.9 Å². The lowest BCUT2D eigenvalue weighted by molar-refractivity contribution is 0.0938. The topological polar surface area (TPSA) is 67.4 Å². The summed E-state index contributed by atoms with van der Waals surface area (Å²) < 4.78 is 6.56. The highest BCUT2D eigenvalue weighted by molar-refractivity contribution is 9.10. The van der Waals surface area contributed by atoms with Gasteiger partial charge in [-0.05, 0) is 62.2 Å². The summed E-state index contributed by atoms with van der Waals surface area (Å²) in [6, 6.07) is 12.3. The maximum absolute atomic E-state index is 12.7. The Bertz CT molecular complexity index is 806. The normalized spacial score (nSPS) is 11.6. The molecule has 5 nitrogen and oxygen atoms in total. The van der Waals surface area contributed by atoms with Gasteiger partial charge < -0.3 is 15.4 Å². The fourth-order valence-electron chi connectivity index (χ4n) is 2.44. The van der Waals surface area contributed by atoms with Gasteiger partial charge in [-0.3, -0.25) is 9.59 Å². The van der Waals surface area contributed by atoms with E-state index in [4.69, 9.17) is 4.74 Å². The van der Waals surface area contributed by atoms with Crippen molar-refractivity contribution in [3.63, 3.8) is 0 Å². The fourth-order valence-corrected chi connectivity index (χ4v) is 2.81. The molecule has 2 rings (SSSR count). The number of unbranched alkanes of at least 4 members (excludes halogenated alkanes) is 1. The molecule has 1 unspecified atom stereocenters. The lowest BCUT2D eigenvalue weighted by atomic mass is 10.1. The highest BCUT2D eigenvalue weighted by Gasteiger charge is 2.14. The third-order valence-corrected chi connectivity index (χ3v) is 4.83. The van der Waals surface area contributed by atoms with E-state index in [0.717, 1.165) is 23.7 Å². The van der Waals surface area contributed by atoms with Gasteiger partial charge in [-0.1, -0.05) is 36.2 Å². The van der Waals surface area contributed by atoms with E-state index in [1.807, 2.05) is 19.9 Å². The van der Waals surface area contributed by atoms with E-state index in [1.165, 1.54) is 0 Å². The smallest absolute Gasteiger partial charge is 0.259 e. The minimum atomic E-state index is -0.260. The SMILES string of the molecule is CCCCOc1ccc(Br)cc1C(=O)Nc1ccc(C(=O)NC(C)CC)cc1. The molecule has 0 aliphatic rings. The van der Waals surface area contributed by atoms with Crippen LogP contribution in [0.4, 0.5) is 5.69 Å². The van der Waals surface area contributed by atoms with Crippen molar-refractivity contribution in [2.75, 3.05) is 11.9 Å². The molecule has 2 aromatic rings. The first-order valence-electron chi connectivity index (χ1n) is 9.59. The molecule has 2 aromatic carbocycles. The van der Waals surface area contributed by atoms with E-state index in [2.05, 4.69) is 33.5 Å². The van der Waals surface area contributed by atoms with Gasteiger partial charge in [-0.15, -0.1) is 0 Å². The zero-order chi connectivity index (χ0) is 20.5. The molecule has 0 aromatic heterocycles. The second-order valence-corrected chi connectivity index (χ2v) is 7.57. The van der Waals surface area contributed by atoms with Crippen LogP contribution in [0.3, 0.4) is 0 Å². The number of anilines is 1. The number of carbonyl (C=O) groups excluding carboxylic acids is 2. The van der Waals surface area contributed by atoms with E-state index in [9.17, 15) is 9.59 Å². The molecule has 1 atom stereocenters. The maximum Gasteiger partial charge on any atom is 0.259 e. The summed E-state index contributed by atoms with van der Waals surface area (Å²) in [5, 5.41) is 5.78. The molecule has 2 amide bonds. The summed E-state index contributed by atoms with van der Waals surface area (Å²) in [7, 11) is 0. The van der Waals surface area contributed by atoms with Crippen molar-refractivity contribution in [3.05, 3.63) is 58.1 Å². The van der Waals surface area contributed by atoms with Gasteiger partial charge in [0.1, 0.15) is 5.75 Å². The number of halogens is 1. The Kier molecular flexibility index (Phi) is 8.51. The summed E-state index contributed by atoms with van der Waals surface area (Å²) in [6.45, 7) is 6.64. The average Bonchev–Trinajstić information content (AvgIpc) is 2.69. The molecule has 150 valence electrons. The number of rotatable bonds is 9. The second kappa shape index (κ2) is 10.9. The van der Waals surface area contributed by atoms with Crippen molar-refractivity contribution >= 4 is 33.4 Å². The van der Waals surface area contributed by atoms with Gasteiger partial charge >= 0.3 is 0 Å². The summed E-state index contributed by atoms with van der Waals surface area (Å²) in [4.78, 5) is 24.9. The van der Waals surface area contributed by atoms with E-state index in [-0.39, 0.29) is 17.9 Å². The Hall–Kier alpha value is -2.34. The minimum absolute atomic E-state index is 0.120. The summed E-state index contributed by atoms with van der Waals surface area (Å²) in [5.41, 5.74) is 1.64. The van der Waals surface area contributed by atoms with Gasteiger partial charge in [0, 0.05) is 21.8 Å². The van der Waals surface area contributed by atoms with Crippen LogP contribution in [0, 0.1) is 0 Å². The standard InChI is InChI=1S/C22H27BrN2O3/c1-4-6-13-28-20-12-9-17(23)14-19(20)22(27)25-18-10-7-16(8-11-18)21(26)24-15(3)5-2/h7-12,14-15H,4-6,13H2,1-3H3,(H,24,26)(H,25,27).